The number of allylic oxidation sites excluding steroid dienone is 1. The van der Waals surface area contributed by atoms with E-state index in [9.17, 15) is 14.7 Å². The number of anilines is 3. The van der Waals surface area contributed by atoms with Gasteiger partial charge in [-0.25, -0.2) is 0 Å². The first kappa shape index (κ1) is 30.2. The first-order chi connectivity index (χ1) is 22.9. The van der Waals surface area contributed by atoms with Crippen molar-refractivity contribution in [2.75, 3.05) is 16.0 Å². The highest BCUT2D eigenvalue weighted by atomic mass is 16.3. The number of aliphatic hydroxyl groups is 1. The van der Waals surface area contributed by atoms with Gasteiger partial charge in [-0.15, -0.1) is 0 Å². The molecule has 47 heavy (non-hydrogen) atoms. The number of carbonyl (C=O) groups excluding carboxylic acids is 2. The summed E-state index contributed by atoms with van der Waals surface area (Å²) in [4.78, 5) is 29.1. The second kappa shape index (κ2) is 12.7. The molecule has 0 saturated heterocycles. The van der Waals surface area contributed by atoms with Gasteiger partial charge in [-0.1, -0.05) is 115 Å². The fourth-order valence-corrected chi connectivity index (χ4v) is 7.58. The Labute approximate surface area is 275 Å². The summed E-state index contributed by atoms with van der Waals surface area (Å²) in [6, 6.07) is 46.5. The first-order valence-electron chi connectivity index (χ1n) is 16.1. The van der Waals surface area contributed by atoms with E-state index < -0.39 is 23.3 Å². The molecule has 5 unspecified atom stereocenters. The standard InChI is InChI=1S/C41H37N3O3/c1-27-22-24-32(25-23-27)42-38-35-33(28-14-6-2-7-15-28)26-41(47,37(38)40(46)44-31-20-12-5-13-21-31)36(34(35)29-16-8-3-9-17-29)39(45)43-30-18-10-4-11-19-30/h2-25,33-36,42,47H,26H2,1H3,(H,43,45)(H,44,46). The van der Waals surface area contributed by atoms with E-state index in [1.807, 2.05) is 140 Å². The van der Waals surface area contributed by atoms with E-state index in [1.54, 1.807) is 0 Å². The summed E-state index contributed by atoms with van der Waals surface area (Å²) in [6.07, 6.45) is 0.203. The van der Waals surface area contributed by atoms with E-state index in [-0.39, 0.29) is 29.7 Å². The van der Waals surface area contributed by atoms with Crippen LogP contribution in [-0.4, -0.2) is 22.5 Å². The molecule has 3 aliphatic carbocycles. The Hall–Kier alpha value is -5.46. The molecule has 5 aromatic rings. The molecular formula is C41H37N3O3. The third-order valence-corrected chi connectivity index (χ3v) is 9.59. The fourth-order valence-electron chi connectivity index (χ4n) is 7.58. The summed E-state index contributed by atoms with van der Waals surface area (Å²) in [5.74, 6) is -2.72. The van der Waals surface area contributed by atoms with Crippen molar-refractivity contribution in [3.05, 3.63) is 174 Å². The van der Waals surface area contributed by atoms with Crippen molar-refractivity contribution in [1.82, 2.24) is 0 Å². The molecule has 0 spiro atoms. The molecule has 4 N–H and O–H groups in total. The summed E-state index contributed by atoms with van der Waals surface area (Å²) >= 11 is 0. The minimum absolute atomic E-state index is 0.187. The summed E-state index contributed by atoms with van der Waals surface area (Å²) < 4.78 is 0. The third-order valence-electron chi connectivity index (χ3n) is 9.59. The third kappa shape index (κ3) is 5.84. The van der Waals surface area contributed by atoms with Crippen molar-refractivity contribution in [1.29, 1.82) is 0 Å². The van der Waals surface area contributed by atoms with Crippen LogP contribution in [0, 0.1) is 18.8 Å². The highest BCUT2D eigenvalue weighted by molar-refractivity contribution is 6.08. The van der Waals surface area contributed by atoms with Crippen LogP contribution in [0.4, 0.5) is 17.1 Å². The lowest BCUT2D eigenvalue weighted by atomic mass is 9.49. The summed E-state index contributed by atoms with van der Waals surface area (Å²) in [5, 5.41) is 23.0. The lowest BCUT2D eigenvalue weighted by Crippen LogP contribution is -2.62. The van der Waals surface area contributed by atoms with Gasteiger partial charge in [-0.2, -0.15) is 0 Å². The van der Waals surface area contributed by atoms with E-state index in [0.717, 1.165) is 22.4 Å². The molecule has 0 heterocycles. The number of hydrogen-bond acceptors (Lipinski definition) is 4. The number of fused-ring (bicyclic) bond motifs is 2. The fraction of sp³-hybridized carbons (Fsp3) is 0.171. The Morgan fingerprint density at radius 3 is 1.70 bits per heavy atom. The second-order valence-electron chi connectivity index (χ2n) is 12.5. The molecule has 3 aliphatic rings. The number of hydrogen-bond donors (Lipinski definition) is 4. The molecule has 1 saturated carbocycles. The highest BCUT2D eigenvalue weighted by Gasteiger charge is 2.64. The zero-order chi connectivity index (χ0) is 32.4. The Bertz CT molecular complexity index is 1890. The number of rotatable bonds is 8. The van der Waals surface area contributed by atoms with E-state index >= 15 is 0 Å². The van der Waals surface area contributed by atoms with Crippen LogP contribution in [-0.2, 0) is 9.59 Å². The van der Waals surface area contributed by atoms with Gasteiger partial charge in [0.15, 0.2) is 0 Å². The van der Waals surface area contributed by atoms with Crippen LogP contribution in [0.3, 0.4) is 0 Å². The minimum atomic E-state index is -1.83. The van der Waals surface area contributed by atoms with Crippen LogP contribution in [0.5, 0.6) is 0 Å². The van der Waals surface area contributed by atoms with Crippen LogP contribution in [0.25, 0.3) is 0 Å². The van der Waals surface area contributed by atoms with E-state index in [1.165, 1.54) is 0 Å². The maximum atomic E-state index is 14.6. The molecule has 8 rings (SSSR count). The number of benzene rings is 5. The van der Waals surface area contributed by atoms with Gasteiger partial charge in [0.05, 0.1) is 11.5 Å². The van der Waals surface area contributed by atoms with Crippen molar-refractivity contribution in [3.63, 3.8) is 0 Å². The van der Waals surface area contributed by atoms with Crippen molar-refractivity contribution in [2.45, 2.75) is 30.8 Å². The van der Waals surface area contributed by atoms with Crippen LogP contribution in [0.15, 0.2) is 157 Å². The molecule has 6 nitrogen and oxygen atoms in total. The molecule has 2 bridgehead atoms. The van der Waals surface area contributed by atoms with Crippen molar-refractivity contribution < 1.29 is 14.7 Å². The smallest absolute Gasteiger partial charge is 0.256 e. The van der Waals surface area contributed by atoms with Crippen LogP contribution < -0.4 is 16.0 Å². The first-order valence-corrected chi connectivity index (χ1v) is 16.1. The van der Waals surface area contributed by atoms with Crippen molar-refractivity contribution in [2.24, 2.45) is 11.8 Å². The average molecular weight is 620 g/mol. The molecule has 1 fully saturated rings. The quantitative estimate of drug-likeness (QED) is 0.142. The molecule has 5 aromatic carbocycles. The maximum absolute atomic E-state index is 14.6. The van der Waals surface area contributed by atoms with E-state index in [4.69, 9.17) is 0 Å². The van der Waals surface area contributed by atoms with Crippen LogP contribution in [0.1, 0.15) is 34.9 Å². The topological polar surface area (TPSA) is 90.5 Å². The van der Waals surface area contributed by atoms with E-state index in [2.05, 4.69) is 28.1 Å². The molecule has 0 aromatic heterocycles. The zero-order valence-electron chi connectivity index (χ0n) is 26.1. The van der Waals surface area contributed by atoms with Gasteiger partial charge in [0, 0.05) is 34.6 Å². The predicted molar refractivity (Wildman–Crippen MR) is 187 cm³/mol. The largest absolute Gasteiger partial charge is 0.384 e. The normalized spacial score (nSPS) is 23.2. The van der Waals surface area contributed by atoms with Gasteiger partial charge in [-0.05, 0) is 66.8 Å². The Morgan fingerprint density at radius 2 is 1.13 bits per heavy atom. The molecule has 5 atom stereocenters. The Kier molecular flexibility index (Phi) is 8.19. The van der Waals surface area contributed by atoms with Gasteiger partial charge in [-0.3, -0.25) is 9.59 Å². The number of nitrogens with one attached hydrogen (secondary N) is 3. The highest BCUT2D eigenvalue weighted by Crippen LogP contribution is 2.63. The van der Waals surface area contributed by atoms with E-state index in [0.29, 0.717) is 17.1 Å². The predicted octanol–water partition coefficient (Wildman–Crippen LogP) is 7.89. The zero-order valence-corrected chi connectivity index (χ0v) is 26.1. The maximum Gasteiger partial charge on any atom is 0.256 e. The summed E-state index contributed by atoms with van der Waals surface area (Å²) in [7, 11) is 0. The number of amides is 2. The number of aryl methyl sites for hydroxylation is 1. The molecular weight excluding hydrogens is 582 g/mol. The van der Waals surface area contributed by atoms with Gasteiger partial charge in [0.2, 0.25) is 5.91 Å². The van der Waals surface area contributed by atoms with Crippen LogP contribution >= 0.6 is 0 Å². The number of para-hydroxylation sites is 2. The monoisotopic (exact) mass is 619 g/mol. The minimum Gasteiger partial charge on any atom is -0.384 e. The molecule has 6 heteroatoms. The Balaban J connectivity index is 1.46. The summed E-state index contributed by atoms with van der Waals surface area (Å²) in [5.41, 5.74) is 4.11. The Morgan fingerprint density at radius 1 is 0.617 bits per heavy atom. The van der Waals surface area contributed by atoms with Crippen molar-refractivity contribution >= 4 is 28.9 Å². The molecule has 0 radical (unpaired) electrons. The number of carbonyl (C=O) groups is 2. The lowest BCUT2D eigenvalue weighted by molar-refractivity contribution is -0.139. The molecule has 234 valence electrons. The lowest BCUT2D eigenvalue weighted by Gasteiger charge is -2.57. The average Bonchev–Trinajstić information content (AvgIpc) is 3.10. The molecule has 2 amide bonds. The SMILES string of the molecule is Cc1ccc(NC2=C(C(=O)Nc3ccccc3)C3(O)CC(c4ccccc4)C2C(c2ccccc2)C3C(=O)Nc2ccccc2)cc1. The van der Waals surface area contributed by atoms with Gasteiger partial charge >= 0.3 is 0 Å². The summed E-state index contributed by atoms with van der Waals surface area (Å²) in [6.45, 7) is 2.03. The second-order valence-corrected chi connectivity index (χ2v) is 12.5. The van der Waals surface area contributed by atoms with Gasteiger partial charge in [0.1, 0.15) is 5.60 Å². The van der Waals surface area contributed by atoms with Gasteiger partial charge in [0.25, 0.3) is 5.91 Å². The van der Waals surface area contributed by atoms with Gasteiger partial charge < -0.3 is 21.1 Å². The molecule has 0 aliphatic heterocycles. The van der Waals surface area contributed by atoms with Crippen molar-refractivity contribution in [3.8, 4) is 0 Å². The van der Waals surface area contributed by atoms with Crippen LogP contribution in [0.2, 0.25) is 0 Å².